The summed E-state index contributed by atoms with van der Waals surface area (Å²) < 4.78 is 10.8. The van der Waals surface area contributed by atoms with Crippen LogP contribution >= 0.6 is 23.1 Å². The van der Waals surface area contributed by atoms with Crippen molar-refractivity contribution in [1.82, 2.24) is 5.32 Å². The topological polar surface area (TPSA) is 143 Å². The maximum Gasteiger partial charge on any atom is 0.341 e. The van der Waals surface area contributed by atoms with Crippen molar-refractivity contribution in [3.05, 3.63) is 166 Å². The molecule has 0 aliphatic carbocycles. The van der Waals surface area contributed by atoms with E-state index in [1.807, 2.05) is 73.0 Å². The Hall–Kier alpha value is -6.63. The van der Waals surface area contributed by atoms with Gasteiger partial charge in [-0.25, -0.2) is 4.79 Å². The summed E-state index contributed by atoms with van der Waals surface area (Å²) in [6.45, 7) is 3.89. The van der Waals surface area contributed by atoms with E-state index in [2.05, 4.69) is 16.0 Å². The molecule has 288 valence electrons. The van der Waals surface area contributed by atoms with Gasteiger partial charge in [0.25, 0.3) is 11.8 Å². The van der Waals surface area contributed by atoms with Gasteiger partial charge < -0.3 is 30.5 Å². The summed E-state index contributed by atoms with van der Waals surface area (Å²) in [7, 11) is 1.43. The van der Waals surface area contributed by atoms with Gasteiger partial charge in [0.05, 0.1) is 13.7 Å². The molecule has 0 bridgehead atoms. The van der Waals surface area contributed by atoms with Crippen LogP contribution in [0.15, 0.2) is 143 Å². The van der Waals surface area contributed by atoms with Crippen molar-refractivity contribution < 1.29 is 33.8 Å². The molecule has 0 fully saturated rings. The molecule has 12 heteroatoms. The van der Waals surface area contributed by atoms with Crippen LogP contribution in [0.1, 0.15) is 49.6 Å². The monoisotopic (exact) mass is 797 g/mol. The molecule has 1 aromatic heterocycles. The predicted molar refractivity (Wildman–Crippen MR) is 226 cm³/mol. The second-order valence-corrected chi connectivity index (χ2v) is 14.7. The molecule has 1 heterocycles. The van der Waals surface area contributed by atoms with E-state index in [9.17, 15) is 24.3 Å². The molecular weight excluding hydrogens is 759 g/mol. The molecule has 0 aliphatic rings. The Kier molecular flexibility index (Phi) is 13.2. The van der Waals surface area contributed by atoms with Crippen molar-refractivity contribution in [2.24, 2.45) is 0 Å². The number of aromatic hydroxyl groups is 1. The third-order valence-corrected chi connectivity index (χ3v) is 10.7. The van der Waals surface area contributed by atoms with Crippen molar-refractivity contribution in [3.63, 3.8) is 0 Å². The second-order valence-electron chi connectivity index (χ2n) is 12.6. The van der Waals surface area contributed by atoms with E-state index in [1.165, 1.54) is 48.4 Å². The number of amides is 3. The lowest BCUT2D eigenvalue weighted by atomic mass is 10.0. The number of rotatable bonds is 14. The van der Waals surface area contributed by atoms with Gasteiger partial charge in [-0.1, -0.05) is 84.4 Å². The number of thioether (sulfide) groups is 1. The van der Waals surface area contributed by atoms with Gasteiger partial charge in [-0.3, -0.25) is 14.4 Å². The lowest BCUT2D eigenvalue weighted by Crippen LogP contribution is -2.30. The molecule has 0 saturated carbocycles. The summed E-state index contributed by atoms with van der Waals surface area (Å²) >= 11 is 2.52. The average Bonchev–Trinajstić information content (AvgIpc) is 3.64. The van der Waals surface area contributed by atoms with Crippen LogP contribution < -0.4 is 20.7 Å². The zero-order chi connectivity index (χ0) is 40.3. The van der Waals surface area contributed by atoms with Crippen LogP contribution in [0, 0.1) is 6.92 Å². The molecule has 5 aromatic carbocycles. The van der Waals surface area contributed by atoms with Gasteiger partial charge in [-0.2, -0.15) is 0 Å². The highest BCUT2D eigenvalue weighted by molar-refractivity contribution is 8.00. The quantitative estimate of drug-likeness (QED) is 0.0485. The lowest BCUT2D eigenvalue weighted by Gasteiger charge is -2.18. The van der Waals surface area contributed by atoms with Crippen LogP contribution in [0.3, 0.4) is 0 Å². The Labute approximate surface area is 338 Å². The van der Waals surface area contributed by atoms with Crippen LogP contribution in [-0.2, 0) is 14.3 Å². The number of methoxy groups -OCH3 is 1. The first-order valence-corrected chi connectivity index (χ1v) is 19.6. The molecule has 6 rings (SSSR count). The minimum atomic E-state index is -0.764. The normalized spacial score (nSPS) is 11.6. The van der Waals surface area contributed by atoms with Gasteiger partial charge in [0.1, 0.15) is 33.0 Å². The number of hydrogen-bond acceptors (Lipinski definition) is 9. The first-order valence-electron chi connectivity index (χ1n) is 17.9. The van der Waals surface area contributed by atoms with Gasteiger partial charge in [0.2, 0.25) is 5.91 Å². The predicted octanol–water partition coefficient (Wildman–Crippen LogP) is 9.50. The third kappa shape index (κ3) is 10.2. The van der Waals surface area contributed by atoms with E-state index in [-0.39, 0.29) is 29.5 Å². The molecule has 3 amide bonds. The fourth-order valence-electron chi connectivity index (χ4n) is 5.78. The highest BCUT2D eigenvalue weighted by Gasteiger charge is 2.28. The Morgan fingerprint density at radius 1 is 0.842 bits per heavy atom. The number of phenolic OH excluding ortho intramolecular Hbond substituents is 1. The Bertz CT molecular complexity index is 2410. The van der Waals surface area contributed by atoms with Crippen molar-refractivity contribution in [1.29, 1.82) is 0 Å². The van der Waals surface area contributed by atoms with E-state index in [0.717, 1.165) is 16.7 Å². The van der Waals surface area contributed by atoms with Crippen molar-refractivity contribution >= 4 is 63.6 Å². The molecule has 0 saturated heterocycles. The molecule has 57 heavy (non-hydrogen) atoms. The largest absolute Gasteiger partial charge is 0.508 e. The first kappa shape index (κ1) is 40.0. The van der Waals surface area contributed by atoms with Gasteiger partial charge in [-0.15, -0.1) is 23.1 Å². The first-order chi connectivity index (χ1) is 27.6. The molecule has 1 atom stereocenters. The van der Waals surface area contributed by atoms with E-state index < -0.39 is 23.0 Å². The highest BCUT2D eigenvalue weighted by Crippen LogP contribution is 2.41. The number of benzene rings is 5. The van der Waals surface area contributed by atoms with Crippen LogP contribution in [0.4, 0.5) is 10.7 Å². The molecule has 10 nitrogen and oxygen atoms in total. The number of carbonyl (C=O) groups is 4. The summed E-state index contributed by atoms with van der Waals surface area (Å²) in [6.07, 6.45) is 1.46. The fourth-order valence-corrected chi connectivity index (χ4v) is 7.82. The summed E-state index contributed by atoms with van der Waals surface area (Å²) in [4.78, 5) is 55.3. The number of thiophene rings is 1. The SMILES string of the molecule is CCOC(=O)c1c(-c2ccc(C)cc2)csc1NC(=O)C(Sc1cccc(NC(=O)/C(=C\c2ccc(O)cc2OC)NC(=O)c2ccccc2)c1)c1ccccc1. The maximum absolute atomic E-state index is 14.2. The number of ether oxygens (including phenoxy) is 2. The zero-order valence-corrected chi connectivity index (χ0v) is 32.9. The average molecular weight is 798 g/mol. The van der Waals surface area contributed by atoms with E-state index in [1.54, 1.807) is 61.5 Å². The summed E-state index contributed by atoms with van der Waals surface area (Å²) in [5, 5.41) is 20.0. The highest BCUT2D eigenvalue weighted by atomic mass is 32.2. The minimum absolute atomic E-state index is 0.0260. The summed E-state index contributed by atoms with van der Waals surface area (Å²) in [5.74, 6) is -1.75. The Balaban J connectivity index is 1.27. The lowest BCUT2D eigenvalue weighted by molar-refractivity contribution is -0.116. The van der Waals surface area contributed by atoms with Crippen LogP contribution in [0.2, 0.25) is 0 Å². The van der Waals surface area contributed by atoms with Crippen molar-refractivity contribution in [3.8, 4) is 22.6 Å². The second kappa shape index (κ2) is 18.8. The number of phenols is 1. The Morgan fingerprint density at radius 3 is 2.26 bits per heavy atom. The number of esters is 1. The van der Waals surface area contributed by atoms with Crippen LogP contribution in [0.25, 0.3) is 17.2 Å². The number of carbonyl (C=O) groups excluding carboxylic acids is 4. The molecule has 1 unspecified atom stereocenters. The maximum atomic E-state index is 14.2. The molecule has 0 radical (unpaired) electrons. The van der Waals surface area contributed by atoms with Gasteiger partial charge in [0, 0.05) is 38.7 Å². The van der Waals surface area contributed by atoms with Gasteiger partial charge in [0.15, 0.2) is 0 Å². The van der Waals surface area contributed by atoms with E-state index in [0.29, 0.717) is 38.0 Å². The number of nitrogens with one attached hydrogen (secondary N) is 3. The van der Waals surface area contributed by atoms with Gasteiger partial charge >= 0.3 is 5.97 Å². The van der Waals surface area contributed by atoms with E-state index in [4.69, 9.17) is 9.47 Å². The number of aryl methyl sites for hydroxylation is 1. The van der Waals surface area contributed by atoms with Crippen molar-refractivity contribution in [2.75, 3.05) is 24.4 Å². The zero-order valence-electron chi connectivity index (χ0n) is 31.3. The fraction of sp³-hybridized carbons (Fsp3) is 0.111. The smallest absolute Gasteiger partial charge is 0.341 e. The molecule has 4 N–H and O–H groups in total. The van der Waals surface area contributed by atoms with Crippen LogP contribution in [0.5, 0.6) is 11.5 Å². The van der Waals surface area contributed by atoms with Gasteiger partial charge in [-0.05, 0) is 73.5 Å². The summed E-state index contributed by atoms with van der Waals surface area (Å²) in [6, 6.07) is 36.9. The molecule has 0 aliphatic heterocycles. The van der Waals surface area contributed by atoms with Crippen LogP contribution in [-0.4, -0.2) is 42.5 Å². The molecule has 0 spiro atoms. The van der Waals surface area contributed by atoms with E-state index >= 15 is 0 Å². The standard InChI is InChI=1S/C45H39N3O7S2/c1-4-55-45(53)39-36(29-20-18-28(2)19-21-29)27-56-44(39)48-43(52)40(30-12-7-5-8-13-30)57-35-17-11-16-33(25-35)46-42(51)37(47-41(50)31-14-9-6-10-15-31)24-32-22-23-34(49)26-38(32)54-3/h5-27,40,49H,4H2,1-3H3,(H,46,51)(H,47,50)(H,48,52)/b37-24+. The molecular formula is C45H39N3O7S2. The van der Waals surface area contributed by atoms with Crippen molar-refractivity contribution in [2.45, 2.75) is 24.0 Å². The Morgan fingerprint density at radius 2 is 1.56 bits per heavy atom. The summed E-state index contributed by atoms with van der Waals surface area (Å²) in [5.41, 5.74) is 4.69. The number of hydrogen-bond donors (Lipinski definition) is 4. The minimum Gasteiger partial charge on any atom is -0.508 e. The third-order valence-electron chi connectivity index (χ3n) is 8.60. The number of anilines is 2. The molecule has 6 aromatic rings.